The molecule has 3 aliphatic carbocycles. The summed E-state index contributed by atoms with van der Waals surface area (Å²) in [6, 6.07) is 17.2. The summed E-state index contributed by atoms with van der Waals surface area (Å²) in [6.07, 6.45) is 7.85. The summed E-state index contributed by atoms with van der Waals surface area (Å²) in [4.78, 5) is 8.98. The molecule has 4 nitrogen and oxygen atoms in total. The highest BCUT2D eigenvalue weighted by Gasteiger charge is 2.53. The minimum Gasteiger partial charge on any atom is -0.489 e. The number of ether oxygens (including phenoxy) is 1. The van der Waals surface area contributed by atoms with Crippen molar-refractivity contribution in [2.24, 2.45) is 11.8 Å². The summed E-state index contributed by atoms with van der Waals surface area (Å²) in [5.41, 5.74) is 12.9. The van der Waals surface area contributed by atoms with Gasteiger partial charge in [0, 0.05) is 11.6 Å². The van der Waals surface area contributed by atoms with Gasteiger partial charge in [-0.05, 0) is 84.2 Å². The summed E-state index contributed by atoms with van der Waals surface area (Å²) in [7, 11) is 0. The fourth-order valence-corrected chi connectivity index (χ4v) is 6.68. The van der Waals surface area contributed by atoms with Crippen LogP contribution in [0.4, 0.5) is 5.95 Å². The van der Waals surface area contributed by atoms with Crippen molar-refractivity contribution in [3.8, 4) is 5.75 Å². The van der Waals surface area contributed by atoms with Gasteiger partial charge in [0.1, 0.15) is 12.4 Å². The third-order valence-corrected chi connectivity index (χ3v) is 8.20. The number of nitrogens with two attached hydrogens (primary N) is 1. The fraction of sp³-hybridized carbons (Fsp3) is 0.407. The number of aryl methyl sites for hydroxylation is 1. The highest BCUT2D eigenvalue weighted by atomic mass is 16.5. The summed E-state index contributed by atoms with van der Waals surface area (Å²) < 4.78 is 6.11. The predicted molar refractivity (Wildman–Crippen MR) is 122 cm³/mol. The van der Waals surface area contributed by atoms with Crippen molar-refractivity contribution in [2.75, 3.05) is 5.73 Å². The molecule has 2 N–H and O–H groups in total. The third kappa shape index (κ3) is 3.03. The zero-order chi connectivity index (χ0) is 21.0. The predicted octanol–water partition coefficient (Wildman–Crippen LogP) is 5.21. The number of nitrogens with zero attached hydrogens (tertiary/aromatic N) is 2. The highest BCUT2D eigenvalue weighted by Crippen LogP contribution is 2.59. The van der Waals surface area contributed by atoms with Gasteiger partial charge < -0.3 is 10.5 Å². The van der Waals surface area contributed by atoms with Gasteiger partial charge in [0.25, 0.3) is 0 Å². The number of fused-ring (bicyclic) bond motifs is 7. The number of benzene rings is 2. The Bertz CT molecular complexity index is 1130. The van der Waals surface area contributed by atoms with Gasteiger partial charge in [-0.15, -0.1) is 0 Å². The van der Waals surface area contributed by atoms with E-state index in [1.54, 1.807) is 5.56 Å². The quantitative estimate of drug-likeness (QED) is 0.643. The van der Waals surface area contributed by atoms with Crippen LogP contribution in [0.25, 0.3) is 0 Å². The molecule has 1 aromatic heterocycles. The largest absolute Gasteiger partial charge is 0.489 e. The maximum absolute atomic E-state index is 6.11. The van der Waals surface area contributed by atoms with E-state index in [9.17, 15) is 0 Å². The van der Waals surface area contributed by atoms with Crippen LogP contribution in [0.3, 0.4) is 0 Å². The maximum Gasteiger partial charge on any atom is 0.220 e. The highest BCUT2D eigenvalue weighted by molar-refractivity contribution is 5.44. The molecule has 158 valence electrons. The molecule has 1 heterocycles. The molecule has 3 aromatic rings. The van der Waals surface area contributed by atoms with E-state index in [1.807, 2.05) is 12.3 Å². The van der Waals surface area contributed by atoms with E-state index in [0.717, 1.165) is 18.6 Å². The Morgan fingerprint density at radius 3 is 2.84 bits per heavy atom. The lowest BCUT2D eigenvalue weighted by Crippen LogP contribution is -2.43. The van der Waals surface area contributed by atoms with E-state index in [0.29, 0.717) is 30.3 Å². The second-order valence-electron chi connectivity index (χ2n) is 9.81. The van der Waals surface area contributed by atoms with Crippen LogP contribution in [0.5, 0.6) is 5.75 Å². The average Bonchev–Trinajstić information content (AvgIpc) is 3.10. The Morgan fingerprint density at radius 2 is 1.97 bits per heavy atom. The molecule has 0 unspecified atom stereocenters. The molecule has 0 spiro atoms. The second kappa shape index (κ2) is 7.08. The summed E-state index contributed by atoms with van der Waals surface area (Å²) in [6.45, 7) is 3.04. The SMILES string of the molecule is C[C@]12CC[C@@H]3c4ccc(OCc5ccccc5)cc4CC[C@H]3[C@@H]1Cc1cnc(N)nc12. The summed E-state index contributed by atoms with van der Waals surface area (Å²) >= 11 is 0. The maximum atomic E-state index is 6.11. The first-order chi connectivity index (χ1) is 15.1. The van der Waals surface area contributed by atoms with Crippen LogP contribution in [-0.2, 0) is 24.9 Å². The zero-order valence-electron chi connectivity index (χ0n) is 18.1. The molecule has 6 rings (SSSR count). The molecular weight excluding hydrogens is 382 g/mol. The van der Waals surface area contributed by atoms with Gasteiger partial charge in [-0.25, -0.2) is 9.97 Å². The molecular formula is C27H29N3O. The molecule has 0 aliphatic heterocycles. The topological polar surface area (TPSA) is 61.0 Å². The number of nitrogen functional groups attached to an aromatic ring is 1. The zero-order valence-corrected chi connectivity index (χ0v) is 18.1. The normalized spacial score (nSPS) is 28.2. The van der Waals surface area contributed by atoms with Crippen molar-refractivity contribution in [1.82, 2.24) is 9.97 Å². The first-order valence-electron chi connectivity index (χ1n) is 11.5. The first kappa shape index (κ1) is 18.9. The Kier molecular flexibility index (Phi) is 4.31. The molecule has 0 bridgehead atoms. The van der Waals surface area contributed by atoms with E-state index in [-0.39, 0.29) is 5.41 Å². The van der Waals surface area contributed by atoms with Crippen LogP contribution >= 0.6 is 0 Å². The molecule has 2 aromatic carbocycles. The number of rotatable bonds is 3. The minimum atomic E-state index is 0.143. The van der Waals surface area contributed by atoms with E-state index in [4.69, 9.17) is 15.5 Å². The number of anilines is 1. The Labute approximate surface area is 183 Å². The summed E-state index contributed by atoms with van der Waals surface area (Å²) in [5, 5.41) is 0. The fourth-order valence-electron chi connectivity index (χ4n) is 6.68. The van der Waals surface area contributed by atoms with Gasteiger partial charge in [-0.1, -0.05) is 43.3 Å². The minimum absolute atomic E-state index is 0.143. The Morgan fingerprint density at radius 1 is 1.10 bits per heavy atom. The molecule has 1 saturated carbocycles. The van der Waals surface area contributed by atoms with Crippen molar-refractivity contribution in [2.45, 2.75) is 57.0 Å². The standard InChI is InChI=1S/C27H29N3O/c1-27-12-11-22-21-10-8-20(31-16-17-5-3-2-4-6-17)13-18(21)7-9-23(22)24(27)14-19-15-29-26(28)30-25(19)27/h2-6,8,10,13,15,22-24H,7,9,11-12,14,16H2,1H3,(H2,28,29,30)/t22-,23-,24+,27+/m1/s1. The van der Waals surface area contributed by atoms with Gasteiger partial charge >= 0.3 is 0 Å². The van der Waals surface area contributed by atoms with Gasteiger partial charge in [0.15, 0.2) is 0 Å². The monoisotopic (exact) mass is 411 g/mol. The number of aromatic nitrogens is 2. The van der Waals surface area contributed by atoms with Gasteiger partial charge in [-0.2, -0.15) is 0 Å². The van der Waals surface area contributed by atoms with Crippen LogP contribution < -0.4 is 10.5 Å². The van der Waals surface area contributed by atoms with Crippen molar-refractivity contribution in [1.29, 1.82) is 0 Å². The van der Waals surface area contributed by atoms with Crippen LogP contribution in [0, 0.1) is 11.8 Å². The lowest BCUT2D eigenvalue weighted by molar-refractivity contribution is 0.104. The Hall–Kier alpha value is -2.88. The van der Waals surface area contributed by atoms with E-state index in [2.05, 4.69) is 54.4 Å². The molecule has 3 aliphatic rings. The Balaban J connectivity index is 1.24. The van der Waals surface area contributed by atoms with E-state index in [1.165, 1.54) is 41.6 Å². The number of hydrogen-bond acceptors (Lipinski definition) is 4. The third-order valence-electron chi connectivity index (χ3n) is 8.20. The smallest absolute Gasteiger partial charge is 0.220 e. The van der Waals surface area contributed by atoms with Crippen LogP contribution in [0.1, 0.15) is 60.1 Å². The molecule has 4 atom stereocenters. The summed E-state index contributed by atoms with van der Waals surface area (Å²) in [5.74, 6) is 3.39. The molecule has 0 radical (unpaired) electrons. The average molecular weight is 412 g/mol. The van der Waals surface area contributed by atoms with E-state index >= 15 is 0 Å². The molecule has 0 saturated heterocycles. The van der Waals surface area contributed by atoms with Crippen molar-refractivity contribution < 1.29 is 4.74 Å². The van der Waals surface area contributed by atoms with E-state index < -0.39 is 0 Å². The number of hydrogen-bond donors (Lipinski definition) is 1. The van der Waals surface area contributed by atoms with Crippen molar-refractivity contribution in [3.63, 3.8) is 0 Å². The van der Waals surface area contributed by atoms with Gasteiger partial charge in [-0.3, -0.25) is 0 Å². The van der Waals surface area contributed by atoms with Crippen molar-refractivity contribution >= 4 is 5.95 Å². The van der Waals surface area contributed by atoms with Crippen LogP contribution in [-0.4, -0.2) is 9.97 Å². The van der Waals surface area contributed by atoms with Gasteiger partial charge in [0.2, 0.25) is 5.95 Å². The van der Waals surface area contributed by atoms with Crippen LogP contribution in [0.2, 0.25) is 0 Å². The second-order valence-corrected chi connectivity index (χ2v) is 9.81. The molecule has 4 heteroatoms. The lowest BCUT2D eigenvalue weighted by atomic mass is 9.55. The van der Waals surface area contributed by atoms with Crippen molar-refractivity contribution in [3.05, 3.63) is 82.7 Å². The first-order valence-corrected chi connectivity index (χ1v) is 11.5. The lowest BCUT2D eigenvalue weighted by Gasteiger charge is -2.49. The van der Waals surface area contributed by atoms with Crippen LogP contribution in [0.15, 0.2) is 54.7 Å². The van der Waals surface area contributed by atoms with Gasteiger partial charge in [0.05, 0.1) is 5.69 Å². The molecule has 1 fully saturated rings. The molecule has 0 amide bonds. The molecule has 31 heavy (non-hydrogen) atoms.